The average Bonchev–Trinajstić information content (AvgIpc) is 2.35. The van der Waals surface area contributed by atoms with Gasteiger partial charge < -0.3 is 4.74 Å². The van der Waals surface area contributed by atoms with Gasteiger partial charge in [-0.15, -0.1) is 0 Å². The molecule has 2 rings (SSSR count). The van der Waals surface area contributed by atoms with E-state index >= 15 is 0 Å². The zero-order valence-corrected chi connectivity index (χ0v) is 11.0. The molecule has 0 N–H and O–H groups in total. The Bertz CT molecular complexity index is 591. The van der Waals surface area contributed by atoms with Crippen molar-refractivity contribution >= 4 is 17.6 Å². The third kappa shape index (κ3) is 2.54. The van der Waals surface area contributed by atoms with Crippen molar-refractivity contribution in [2.45, 2.75) is 13.8 Å². The monoisotopic (exact) mass is 260 g/mol. The predicted octanol–water partition coefficient (Wildman–Crippen LogP) is 4.18. The minimum Gasteiger partial charge on any atom is -0.423 e. The summed E-state index contributed by atoms with van der Waals surface area (Å²) in [7, 11) is 0. The van der Waals surface area contributed by atoms with Crippen LogP contribution in [0.3, 0.4) is 0 Å². The zero-order valence-electron chi connectivity index (χ0n) is 10.2. The van der Waals surface area contributed by atoms with E-state index in [1.807, 2.05) is 26.0 Å². The number of hydrogen-bond acceptors (Lipinski definition) is 2. The van der Waals surface area contributed by atoms with Crippen molar-refractivity contribution in [3.8, 4) is 5.75 Å². The molecule has 18 heavy (non-hydrogen) atoms. The molecule has 0 spiro atoms. The summed E-state index contributed by atoms with van der Waals surface area (Å²) in [5.74, 6) is 0.134. The molecule has 0 heterocycles. The summed E-state index contributed by atoms with van der Waals surface area (Å²) in [4.78, 5) is 12.0. The molecule has 0 aliphatic heterocycles. The Kier molecular flexibility index (Phi) is 3.68. The van der Waals surface area contributed by atoms with Gasteiger partial charge in [0.15, 0.2) is 0 Å². The van der Waals surface area contributed by atoms with Crippen LogP contribution in [0.5, 0.6) is 5.75 Å². The van der Waals surface area contributed by atoms with Crippen LogP contribution in [-0.2, 0) is 0 Å². The molecule has 0 unspecified atom stereocenters. The van der Waals surface area contributed by atoms with E-state index in [1.165, 1.54) is 0 Å². The third-order valence-electron chi connectivity index (χ3n) is 2.85. The first-order valence-corrected chi connectivity index (χ1v) is 6.00. The van der Waals surface area contributed by atoms with Crippen LogP contribution >= 0.6 is 11.6 Å². The van der Waals surface area contributed by atoms with Gasteiger partial charge in [-0.1, -0.05) is 35.9 Å². The smallest absolute Gasteiger partial charge is 0.345 e. The van der Waals surface area contributed by atoms with E-state index in [1.54, 1.807) is 30.3 Å². The van der Waals surface area contributed by atoms with Crippen molar-refractivity contribution in [2.75, 3.05) is 0 Å². The highest BCUT2D eigenvalue weighted by atomic mass is 35.5. The van der Waals surface area contributed by atoms with Gasteiger partial charge in [0.1, 0.15) is 5.75 Å². The van der Waals surface area contributed by atoms with E-state index < -0.39 is 5.97 Å². The van der Waals surface area contributed by atoms with E-state index in [4.69, 9.17) is 16.3 Å². The molecule has 2 aromatic carbocycles. The molecule has 0 aromatic heterocycles. The van der Waals surface area contributed by atoms with Crippen LogP contribution in [0, 0.1) is 13.8 Å². The van der Waals surface area contributed by atoms with Gasteiger partial charge in [-0.3, -0.25) is 0 Å². The number of carbonyl (C=O) groups is 1. The second kappa shape index (κ2) is 5.23. The third-order valence-corrected chi connectivity index (χ3v) is 3.18. The Morgan fingerprint density at radius 2 is 1.78 bits per heavy atom. The van der Waals surface area contributed by atoms with Gasteiger partial charge in [-0.2, -0.15) is 0 Å². The fourth-order valence-corrected chi connectivity index (χ4v) is 1.83. The summed E-state index contributed by atoms with van der Waals surface area (Å²) < 4.78 is 5.37. The first-order chi connectivity index (χ1) is 8.59. The Morgan fingerprint density at radius 3 is 2.50 bits per heavy atom. The molecule has 2 nitrogen and oxygen atoms in total. The van der Waals surface area contributed by atoms with Gasteiger partial charge in [0.25, 0.3) is 0 Å². The second-order valence-corrected chi connectivity index (χ2v) is 4.47. The Morgan fingerprint density at radius 1 is 1.06 bits per heavy atom. The van der Waals surface area contributed by atoms with Crippen LogP contribution in [0.25, 0.3) is 0 Å². The number of ether oxygens (including phenoxy) is 1. The van der Waals surface area contributed by atoms with Gasteiger partial charge in [-0.05, 0) is 43.2 Å². The highest BCUT2D eigenvalue weighted by Crippen LogP contribution is 2.23. The largest absolute Gasteiger partial charge is 0.423 e. The molecule has 0 radical (unpaired) electrons. The summed E-state index contributed by atoms with van der Waals surface area (Å²) in [6.45, 7) is 3.90. The fraction of sp³-hybridized carbons (Fsp3) is 0.133. The Hall–Kier alpha value is -1.80. The number of rotatable bonds is 2. The molecular formula is C15H13ClO2. The molecule has 0 saturated heterocycles. The van der Waals surface area contributed by atoms with Crippen molar-refractivity contribution in [3.05, 3.63) is 64.2 Å². The van der Waals surface area contributed by atoms with Crippen molar-refractivity contribution in [2.24, 2.45) is 0 Å². The zero-order chi connectivity index (χ0) is 13.1. The molecule has 2 aromatic rings. The molecule has 3 heteroatoms. The topological polar surface area (TPSA) is 26.3 Å². The van der Waals surface area contributed by atoms with Crippen molar-refractivity contribution in [3.63, 3.8) is 0 Å². The molecular weight excluding hydrogens is 248 g/mol. The SMILES string of the molecule is Cc1cccc(OC(=O)c2ccccc2Cl)c1C. The van der Waals surface area contributed by atoms with Crippen LogP contribution in [0.15, 0.2) is 42.5 Å². The molecule has 0 bridgehead atoms. The predicted molar refractivity (Wildman–Crippen MR) is 72.3 cm³/mol. The molecule has 0 atom stereocenters. The molecule has 0 amide bonds. The number of halogens is 1. The van der Waals surface area contributed by atoms with Crippen molar-refractivity contribution in [1.82, 2.24) is 0 Å². The average molecular weight is 261 g/mol. The maximum Gasteiger partial charge on any atom is 0.345 e. The first-order valence-electron chi connectivity index (χ1n) is 5.62. The second-order valence-electron chi connectivity index (χ2n) is 4.07. The van der Waals surface area contributed by atoms with Crippen molar-refractivity contribution < 1.29 is 9.53 Å². The lowest BCUT2D eigenvalue weighted by Gasteiger charge is -2.09. The van der Waals surface area contributed by atoms with Gasteiger partial charge in [0.05, 0.1) is 10.6 Å². The standard InChI is InChI=1S/C15H13ClO2/c1-10-6-5-9-14(11(10)2)18-15(17)12-7-3-4-8-13(12)16/h3-9H,1-2H3. The quantitative estimate of drug-likeness (QED) is 0.598. The Labute approximate surface area is 111 Å². The highest BCUT2D eigenvalue weighted by Gasteiger charge is 2.13. The number of carbonyl (C=O) groups excluding carboxylic acids is 1. The van der Waals surface area contributed by atoms with Gasteiger partial charge >= 0.3 is 5.97 Å². The van der Waals surface area contributed by atoms with Gasteiger partial charge in [0.2, 0.25) is 0 Å². The van der Waals surface area contributed by atoms with Crippen molar-refractivity contribution in [1.29, 1.82) is 0 Å². The molecule has 92 valence electrons. The van der Waals surface area contributed by atoms with Gasteiger partial charge in [0, 0.05) is 0 Å². The van der Waals surface area contributed by atoms with Gasteiger partial charge in [-0.25, -0.2) is 4.79 Å². The highest BCUT2D eigenvalue weighted by molar-refractivity contribution is 6.33. The summed E-state index contributed by atoms with van der Waals surface area (Å²) in [6.07, 6.45) is 0. The van der Waals surface area contributed by atoms with Crippen LogP contribution in [-0.4, -0.2) is 5.97 Å². The summed E-state index contributed by atoms with van der Waals surface area (Å²) in [5.41, 5.74) is 2.41. The maximum atomic E-state index is 12.0. The molecule has 0 saturated carbocycles. The van der Waals surface area contributed by atoms with Crippen LogP contribution in [0.1, 0.15) is 21.5 Å². The lowest BCUT2D eigenvalue weighted by atomic mass is 10.1. The van der Waals surface area contributed by atoms with E-state index in [0.717, 1.165) is 11.1 Å². The van der Waals surface area contributed by atoms with E-state index in [0.29, 0.717) is 16.3 Å². The van der Waals surface area contributed by atoms with E-state index in [-0.39, 0.29) is 0 Å². The molecule has 0 aliphatic rings. The van der Waals surface area contributed by atoms with Crippen LogP contribution in [0.2, 0.25) is 5.02 Å². The van der Waals surface area contributed by atoms with E-state index in [9.17, 15) is 4.79 Å². The first kappa shape index (κ1) is 12.7. The fourth-order valence-electron chi connectivity index (χ4n) is 1.62. The maximum absolute atomic E-state index is 12.0. The van der Waals surface area contributed by atoms with Crippen LogP contribution in [0.4, 0.5) is 0 Å². The number of aryl methyl sites for hydroxylation is 1. The Balaban J connectivity index is 2.27. The molecule has 0 fully saturated rings. The molecule has 0 aliphatic carbocycles. The lowest BCUT2D eigenvalue weighted by molar-refractivity contribution is 0.0733. The number of hydrogen-bond donors (Lipinski definition) is 0. The van der Waals surface area contributed by atoms with E-state index in [2.05, 4.69) is 0 Å². The minimum absolute atomic E-state index is 0.375. The summed E-state index contributed by atoms with van der Waals surface area (Å²) in [5, 5.41) is 0.396. The summed E-state index contributed by atoms with van der Waals surface area (Å²) >= 11 is 5.96. The number of esters is 1. The lowest BCUT2D eigenvalue weighted by Crippen LogP contribution is -2.10. The summed E-state index contributed by atoms with van der Waals surface area (Å²) in [6, 6.07) is 12.5. The van der Waals surface area contributed by atoms with Crippen LogP contribution < -0.4 is 4.74 Å². The minimum atomic E-state index is -0.436. The number of benzene rings is 2. The normalized spacial score (nSPS) is 10.2.